The summed E-state index contributed by atoms with van der Waals surface area (Å²) in [5.41, 5.74) is 7.22. The summed E-state index contributed by atoms with van der Waals surface area (Å²) < 4.78 is 0. The zero-order valence-corrected chi connectivity index (χ0v) is 19.3. The highest BCUT2D eigenvalue weighted by molar-refractivity contribution is 6.38. The van der Waals surface area contributed by atoms with Gasteiger partial charge >= 0.3 is 0 Å². The van der Waals surface area contributed by atoms with Crippen molar-refractivity contribution in [3.05, 3.63) is 130 Å². The van der Waals surface area contributed by atoms with Gasteiger partial charge in [-0.15, -0.1) is 0 Å². The van der Waals surface area contributed by atoms with Crippen molar-refractivity contribution in [1.29, 1.82) is 0 Å². The van der Waals surface area contributed by atoms with E-state index in [0.29, 0.717) is 10.6 Å². The van der Waals surface area contributed by atoms with Crippen LogP contribution in [0.4, 0.5) is 11.4 Å². The summed E-state index contributed by atoms with van der Waals surface area (Å²) in [5.74, 6) is -0.148. The van der Waals surface area contributed by atoms with Crippen molar-refractivity contribution in [1.82, 2.24) is 5.32 Å². The van der Waals surface area contributed by atoms with Gasteiger partial charge in [0, 0.05) is 29.4 Å². The maximum atomic E-state index is 13.0. The van der Waals surface area contributed by atoms with Gasteiger partial charge in [0.2, 0.25) is 0 Å². The third kappa shape index (κ3) is 4.88. The van der Waals surface area contributed by atoms with E-state index in [2.05, 4.69) is 40.2 Å². The lowest BCUT2D eigenvalue weighted by Crippen LogP contribution is -2.12. The van der Waals surface area contributed by atoms with Crippen LogP contribution in [0, 0.1) is 0 Å². The summed E-state index contributed by atoms with van der Waals surface area (Å²) >= 11 is 6.14. The summed E-state index contributed by atoms with van der Waals surface area (Å²) in [4.78, 5) is 13.0. The monoisotopic (exact) mass is 465 g/mol. The second-order valence-electron chi connectivity index (χ2n) is 8.17. The molecule has 4 aromatic carbocycles. The second kappa shape index (κ2) is 9.96. The minimum Gasteiger partial charge on any atom is -0.354 e. The van der Waals surface area contributed by atoms with Crippen LogP contribution in [0.2, 0.25) is 5.02 Å². The number of hydrogen-bond donors (Lipinski definition) is 3. The fourth-order valence-electron chi connectivity index (χ4n) is 4.07. The van der Waals surface area contributed by atoms with E-state index in [1.165, 1.54) is 11.1 Å². The van der Waals surface area contributed by atoms with Gasteiger partial charge in [-0.3, -0.25) is 4.79 Å². The third-order valence-corrected chi connectivity index (χ3v) is 6.00. The molecule has 1 amide bonds. The largest absolute Gasteiger partial charge is 0.354 e. The summed E-state index contributed by atoms with van der Waals surface area (Å²) in [5, 5.41) is 10.5. The van der Waals surface area contributed by atoms with Crippen molar-refractivity contribution in [2.24, 2.45) is 0 Å². The molecule has 0 bridgehead atoms. The van der Waals surface area contributed by atoms with Gasteiger partial charge in [-0.1, -0.05) is 90.5 Å². The van der Waals surface area contributed by atoms with E-state index < -0.39 is 0 Å². The quantitative estimate of drug-likeness (QED) is 0.271. The lowest BCUT2D eigenvalue weighted by atomic mass is 10.00. The number of nitrogens with one attached hydrogen (secondary N) is 3. The lowest BCUT2D eigenvalue weighted by Gasteiger charge is -2.15. The van der Waals surface area contributed by atoms with Gasteiger partial charge in [0.25, 0.3) is 5.91 Å². The first-order valence-corrected chi connectivity index (χ1v) is 11.6. The Morgan fingerprint density at radius 1 is 0.765 bits per heavy atom. The molecule has 0 saturated heterocycles. The van der Waals surface area contributed by atoms with Gasteiger partial charge < -0.3 is 16.0 Å². The summed E-state index contributed by atoms with van der Waals surface area (Å²) in [7, 11) is 0. The number of hydrogen-bond acceptors (Lipinski definition) is 3. The number of rotatable bonds is 7. The highest BCUT2D eigenvalue weighted by Crippen LogP contribution is 2.38. The molecule has 5 heteroatoms. The number of amides is 1. The van der Waals surface area contributed by atoms with Crippen LogP contribution in [0.5, 0.6) is 0 Å². The lowest BCUT2D eigenvalue weighted by molar-refractivity contribution is -0.110. The van der Waals surface area contributed by atoms with Crippen LogP contribution in [0.15, 0.2) is 103 Å². The molecule has 0 fully saturated rings. The van der Waals surface area contributed by atoms with Crippen molar-refractivity contribution in [2.75, 3.05) is 10.6 Å². The number of carbonyl (C=O) groups excluding carboxylic acids is 1. The van der Waals surface area contributed by atoms with Gasteiger partial charge in [-0.25, -0.2) is 0 Å². The number of fused-ring (bicyclic) bond motifs is 1. The summed E-state index contributed by atoms with van der Waals surface area (Å²) in [6.07, 6.45) is 0. The Hall–Kier alpha value is -3.86. The van der Waals surface area contributed by atoms with Gasteiger partial charge in [0.1, 0.15) is 0 Å². The average molecular weight is 466 g/mol. The molecule has 4 aromatic rings. The molecule has 1 aliphatic rings. The highest BCUT2D eigenvalue weighted by atomic mass is 35.5. The molecule has 1 aliphatic heterocycles. The minimum absolute atomic E-state index is 0.148. The zero-order chi connectivity index (χ0) is 23.3. The maximum absolute atomic E-state index is 13.0. The first kappa shape index (κ1) is 22.0. The van der Waals surface area contributed by atoms with E-state index >= 15 is 0 Å². The fraction of sp³-hybridized carbons (Fsp3) is 0.0690. The van der Waals surface area contributed by atoms with Gasteiger partial charge in [0.05, 0.1) is 17.0 Å². The molecule has 168 valence electrons. The molecule has 34 heavy (non-hydrogen) atoms. The molecule has 0 aliphatic carbocycles. The number of halogens is 1. The Balaban J connectivity index is 1.39. The van der Waals surface area contributed by atoms with E-state index in [1.807, 2.05) is 66.7 Å². The predicted octanol–water partition coefficient (Wildman–Crippen LogP) is 6.56. The van der Waals surface area contributed by atoms with Crippen LogP contribution in [-0.4, -0.2) is 5.91 Å². The molecule has 0 atom stereocenters. The Kier molecular flexibility index (Phi) is 6.43. The summed E-state index contributed by atoms with van der Waals surface area (Å²) in [6.45, 7) is 1.60. The van der Waals surface area contributed by atoms with Crippen LogP contribution in [0.1, 0.15) is 22.3 Å². The first-order valence-electron chi connectivity index (χ1n) is 11.2. The van der Waals surface area contributed by atoms with E-state index in [-0.39, 0.29) is 5.91 Å². The van der Waals surface area contributed by atoms with Gasteiger partial charge in [-0.2, -0.15) is 0 Å². The molecule has 0 spiro atoms. The molecular formula is C29H24ClN3O. The van der Waals surface area contributed by atoms with Crippen molar-refractivity contribution in [3.8, 4) is 0 Å². The topological polar surface area (TPSA) is 53.2 Å². The van der Waals surface area contributed by atoms with Crippen LogP contribution in [-0.2, 0) is 17.9 Å². The van der Waals surface area contributed by atoms with Crippen LogP contribution < -0.4 is 16.0 Å². The Morgan fingerprint density at radius 3 is 2.12 bits per heavy atom. The van der Waals surface area contributed by atoms with Crippen molar-refractivity contribution in [2.45, 2.75) is 13.1 Å². The number of carbonyl (C=O) groups is 1. The predicted molar refractivity (Wildman–Crippen MR) is 140 cm³/mol. The molecular weight excluding hydrogens is 442 g/mol. The number of anilines is 2. The third-order valence-electron chi connectivity index (χ3n) is 5.76. The molecule has 0 aromatic heterocycles. The standard InChI is InChI=1S/C29H24ClN3O/c30-23-13-16-25-26(17-23)33-29(34)27(25)28(22-9-5-2-6-10-22)32-24-14-11-21(12-15-24)19-31-18-20-7-3-1-4-8-20/h1-17,31-32H,18-19H2,(H,33,34)/b28-27-. The molecule has 0 unspecified atom stereocenters. The van der Waals surface area contributed by atoms with E-state index in [4.69, 9.17) is 11.6 Å². The SMILES string of the molecule is O=C1Nc2cc(Cl)ccc2/C1=C(/Nc1ccc(CNCc2ccccc2)cc1)c1ccccc1. The second-order valence-corrected chi connectivity index (χ2v) is 8.61. The van der Waals surface area contributed by atoms with Crippen LogP contribution in [0.3, 0.4) is 0 Å². The average Bonchev–Trinajstić information content (AvgIpc) is 3.19. The smallest absolute Gasteiger partial charge is 0.258 e. The van der Waals surface area contributed by atoms with Gasteiger partial charge in [-0.05, 0) is 41.0 Å². The Labute approximate surface area is 204 Å². The highest BCUT2D eigenvalue weighted by Gasteiger charge is 2.28. The number of benzene rings is 4. The molecule has 0 saturated carbocycles. The fourth-order valence-corrected chi connectivity index (χ4v) is 4.25. The minimum atomic E-state index is -0.148. The molecule has 5 rings (SSSR count). The maximum Gasteiger partial charge on any atom is 0.258 e. The Bertz CT molecular complexity index is 1330. The van der Waals surface area contributed by atoms with Crippen LogP contribution in [0.25, 0.3) is 11.3 Å². The Morgan fingerprint density at radius 2 is 1.41 bits per heavy atom. The van der Waals surface area contributed by atoms with Crippen LogP contribution >= 0.6 is 11.6 Å². The first-order chi connectivity index (χ1) is 16.7. The normalized spacial score (nSPS) is 13.9. The van der Waals surface area contributed by atoms with Crippen molar-refractivity contribution in [3.63, 3.8) is 0 Å². The van der Waals surface area contributed by atoms with E-state index in [9.17, 15) is 4.79 Å². The van der Waals surface area contributed by atoms with Crippen molar-refractivity contribution >= 4 is 40.2 Å². The van der Waals surface area contributed by atoms with E-state index in [1.54, 1.807) is 12.1 Å². The molecule has 1 heterocycles. The molecule has 3 N–H and O–H groups in total. The summed E-state index contributed by atoms with van der Waals surface area (Å²) in [6, 6.07) is 34.0. The van der Waals surface area contributed by atoms with Gasteiger partial charge in [0.15, 0.2) is 0 Å². The molecule has 4 nitrogen and oxygen atoms in total. The zero-order valence-electron chi connectivity index (χ0n) is 18.5. The van der Waals surface area contributed by atoms with E-state index in [0.717, 1.165) is 41.3 Å². The molecule has 0 radical (unpaired) electrons. The van der Waals surface area contributed by atoms with Crippen molar-refractivity contribution < 1.29 is 4.79 Å².